The maximum Gasteiger partial charge on any atom is 0.0204 e. The quantitative estimate of drug-likeness (QED) is 0.511. The highest BCUT2D eigenvalue weighted by Crippen LogP contribution is 2.18. The molecule has 1 rings (SSSR count). The summed E-state index contributed by atoms with van der Waals surface area (Å²) >= 11 is 0. The Morgan fingerprint density at radius 1 is 1.38 bits per heavy atom. The zero-order valence-electron chi connectivity index (χ0n) is 8.28. The van der Waals surface area contributed by atoms with E-state index in [1.165, 1.54) is 13.0 Å². The number of likely N-dealkylation sites (tertiary alicyclic amines) is 1. The maximum absolute atomic E-state index is 5.89. The van der Waals surface area contributed by atoms with Gasteiger partial charge in [0.1, 0.15) is 0 Å². The van der Waals surface area contributed by atoms with Gasteiger partial charge >= 0.3 is 0 Å². The summed E-state index contributed by atoms with van der Waals surface area (Å²) in [4.78, 5) is 2.44. The molecule has 0 aliphatic carbocycles. The van der Waals surface area contributed by atoms with Gasteiger partial charge in [-0.05, 0) is 38.4 Å². The predicted molar refractivity (Wildman–Crippen MR) is 55.2 cm³/mol. The van der Waals surface area contributed by atoms with Crippen LogP contribution in [0.25, 0.3) is 0 Å². The zero-order chi connectivity index (χ0) is 9.68. The lowest BCUT2D eigenvalue weighted by Crippen LogP contribution is -2.38. The second-order valence-corrected chi connectivity index (χ2v) is 3.89. The first-order chi connectivity index (χ1) is 6.27. The van der Waals surface area contributed by atoms with Gasteiger partial charge in [-0.25, -0.2) is 0 Å². The Morgan fingerprint density at radius 3 is 2.77 bits per heavy atom. The number of hydrogen-bond donors (Lipinski definition) is 3. The van der Waals surface area contributed by atoms with E-state index in [4.69, 9.17) is 17.2 Å². The number of nitrogens with two attached hydrogens (primary N) is 3. The maximum atomic E-state index is 5.89. The molecule has 2 unspecified atom stereocenters. The summed E-state index contributed by atoms with van der Waals surface area (Å²) in [5, 5.41) is 0. The average Bonchev–Trinajstić information content (AvgIpc) is 2.62. The van der Waals surface area contributed by atoms with Crippen molar-refractivity contribution < 1.29 is 0 Å². The number of rotatable bonds is 5. The smallest absolute Gasteiger partial charge is 0.0204 e. The lowest BCUT2D eigenvalue weighted by molar-refractivity contribution is 0.311. The standard InChI is InChI=1S/C9H22N4/c10-3-1-4-13-5-2-8(7-13)9(12)6-11/h8-9H,1-7,10-12H2. The molecule has 4 heteroatoms. The molecule has 0 saturated carbocycles. The summed E-state index contributed by atoms with van der Waals surface area (Å²) in [6.45, 7) is 4.78. The van der Waals surface area contributed by atoms with Crippen LogP contribution < -0.4 is 17.2 Å². The van der Waals surface area contributed by atoms with Crippen molar-refractivity contribution in [3.63, 3.8) is 0 Å². The molecule has 0 bridgehead atoms. The van der Waals surface area contributed by atoms with Gasteiger partial charge in [-0.15, -0.1) is 0 Å². The van der Waals surface area contributed by atoms with Gasteiger partial charge in [-0.1, -0.05) is 0 Å². The lowest BCUT2D eigenvalue weighted by atomic mass is 10.0. The van der Waals surface area contributed by atoms with Crippen LogP contribution in [0.15, 0.2) is 0 Å². The first-order valence-electron chi connectivity index (χ1n) is 5.16. The van der Waals surface area contributed by atoms with Crippen LogP contribution in [0.3, 0.4) is 0 Å². The molecule has 2 atom stereocenters. The predicted octanol–water partition coefficient (Wildman–Crippen LogP) is -1.06. The number of nitrogens with zero attached hydrogens (tertiary/aromatic N) is 1. The van der Waals surface area contributed by atoms with E-state index in [2.05, 4.69) is 4.90 Å². The first kappa shape index (κ1) is 10.9. The van der Waals surface area contributed by atoms with E-state index in [-0.39, 0.29) is 6.04 Å². The Hall–Kier alpha value is -0.160. The van der Waals surface area contributed by atoms with Crippen molar-refractivity contribution in [2.24, 2.45) is 23.1 Å². The molecule has 6 N–H and O–H groups in total. The van der Waals surface area contributed by atoms with Crippen molar-refractivity contribution in [1.82, 2.24) is 4.90 Å². The highest BCUT2D eigenvalue weighted by Gasteiger charge is 2.25. The van der Waals surface area contributed by atoms with E-state index < -0.39 is 0 Å². The molecule has 4 nitrogen and oxygen atoms in total. The topological polar surface area (TPSA) is 81.3 Å². The van der Waals surface area contributed by atoms with E-state index in [1.54, 1.807) is 0 Å². The van der Waals surface area contributed by atoms with Crippen molar-refractivity contribution in [2.45, 2.75) is 18.9 Å². The van der Waals surface area contributed by atoms with Crippen LogP contribution >= 0.6 is 0 Å². The monoisotopic (exact) mass is 186 g/mol. The zero-order valence-corrected chi connectivity index (χ0v) is 8.28. The highest BCUT2D eigenvalue weighted by molar-refractivity contribution is 4.83. The average molecular weight is 186 g/mol. The van der Waals surface area contributed by atoms with Crippen LogP contribution in [0.4, 0.5) is 0 Å². The minimum absolute atomic E-state index is 0.183. The van der Waals surface area contributed by atoms with Gasteiger partial charge < -0.3 is 22.1 Å². The fourth-order valence-corrected chi connectivity index (χ4v) is 1.92. The van der Waals surface area contributed by atoms with Crippen LogP contribution in [0.5, 0.6) is 0 Å². The molecule has 1 saturated heterocycles. The molecule has 0 aromatic heterocycles. The van der Waals surface area contributed by atoms with Gasteiger partial charge in [0.2, 0.25) is 0 Å². The molecular weight excluding hydrogens is 164 g/mol. The normalized spacial score (nSPS) is 26.5. The Balaban J connectivity index is 2.19. The lowest BCUT2D eigenvalue weighted by Gasteiger charge is -2.18. The molecule has 13 heavy (non-hydrogen) atoms. The fourth-order valence-electron chi connectivity index (χ4n) is 1.92. The fraction of sp³-hybridized carbons (Fsp3) is 1.00. The van der Waals surface area contributed by atoms with Crippen molar-refractivity contribution >= 4 is 0 Å². The van der Waals surface area contributed by atoms with Crippen LogP contribution in [0.2, 0.25) is 0 Å². The summed E-state index contributed by atoms with van der Waals surface area (Å²) in [5.74, 6) is 0.600. The Kier molecular flexibility index (Phi) is 4.66. The van der Waals surface area contributed by atoms with Crippen molar-refractivity contribution in [3.8, 4) is 0 Å². The van der Waals surface area contributed by atoms with E-state index >= 15 is 0 Å². The third kappa shape index (κ3) is 3.23. The van der Waals surface area contributed by atoms with E-state index in [9.17, 15) is 0 Å². The minimum atomic E-state index is 0.183. The molecular formula is C9H22N4. The molecule has 0 aromatic rings. The molecule has 1 fully saturated rings. The van der Waals surface area contributed by atoms with Crippen LogP contribution in [-0.2, 0) is 0 Å². The third-order valence-electron chi connectivity index (χ3n) is 2.86. The van der Waals surface area contributed by atoms with Crippen LogP contribution in [-0.4, -0.2) is 43.7 Å². The van der Waals surface area contributed by atoms with Gasteiger partial charge in [0, 0.05) is 19.1 Å². The van der Waals surface area contributed by atoms with Crippen molar-refractivity contribution in [3.05, 3.63) is 0 Å². The van der Waals surface area contributed by atoms with Gasteiger partial charge in [0.15, 0.2) is 0 Å². The van der Waals surface area contributed by atoms with Crippen LogP contribution in [0, 0.1) is 5.92 Å². The largest absolute Gasteiger partial charge is 0.330 e. The molecule has 1 aliphatic rings. The SMILES string of the molecule is NCCCN1CCC(C(N)CN)C1. The Bertz CT molecular complexity index is 140. The second-order valence-electron chi connectivity index (χ2n) is 3.89. The van der Waals surface area contributed by atoms with E-state index in [0.717, 1.165) is 26.1 Å². The molecule has 0 amide bonds. The van der Waals surface area contributed by atoms with Gasteiger partial charge in [0.25, 0.3) is 0 Å². The summed E-state index contributed by atoms with van der Waals surface area (Å²) in [6.07, 6.45) is 2.29. The first-order valence-corrected chi connectivity index (χ1v) is 5.16. The Morgan fingerprint density at radius 2 is 2.15 bits per heavy atom. The molecule has 1 aliphatic heterocycles. The molecule has 0 spiro atoms. The Labute approximate surface area is 80.4 Å². The molecule has 78 valence electrons. The summed E-state index contributed by atoms with van der Waals surface area (Å²) in [5.41, 5.74) is 16.9. The summed E-state index contributed by atoms with van der Waals surface area (Å²) < 4.78 is 0. The summed E-state index contributed by atoms with van der Waals surface area (Å²) in [7, 11) is 0. The third-order valence-corrected chi connectivity index (χ3v) is 2.86. The molecule has 1 heterocycles. The number of hydrogen-bond acceptors (Lipinski definition) is 4. The van der Waals surface area contributed by atoms with E-state index in [1.807, 2.05) is 0 Å². The summed E-state index contributed by atoms with van der Waals surface area (Å²) in [6, 6.07) is 0.183. The second kappa shape index (κ2) is 5.54. The van der Waals surface area contributed by atoms with Gasteiger partial charge in [-0.3, -0.25) is 0 Å². The van der Waals surface area contributed by atoms with Crippen molar-refractivity contribution in [2.75, 3.05) is 32.7 Å². The molecule has 0 radical (unpaired) electrons. The van der Waals surface area contributed by atoms with Crippen molar-refractivity contribution in [1.29, 1.82) is 0 Å². The van der Waals surface area contributed by atoms with E-state index in [0.29, 0.717) is 12.5 Å². The van der Waals surface area contributed by atoms with Crippen LogP contribution in [0.1, 0.15) is 12.8 Å². The van der Waals surface area contributed by atoms with Gasteiger partial charge in [0.05, 0.1) is 0 Å². The van der Waals surface area contributed by atoms with Gasteiger partial charge in [-0.2, -0.15) is 0 Å². The highest BCUT2D eigenvalue weighted by atomic mass is 15.1. The molecule has 0 aromatic carbocycles. The minimum Gasteiger partial charge on any atom is -0.330 e.